The third-order valence-corrected chi connectivity index (χ3v) is 8.75. The van der Waals surface area contributed by atoms with Crippen LogP contribution in [0.15, 0.2) is 25.3 Å². The number of aliphatic hydroxyl groups is 1. The van der Waals surface area contributed by atoms with Gasteiger partial charge in [0.25, 0.3) is 0 Å². The van der Waals surface area contributed by atoms with Gasteiger partial charge in [-0.25, -0.2) is 0 Å². The first-order valence-corrected chi connectivity index (χ1v) is 13.7. The number of amides is 2. The van der Waals surface area contributed by atoms with Crippen LogP contribution in [0.4, 0.5) is 0 Å². The number of unbranched alkanes of at least 4 members (excludes halogenated alkanes) is 2. The summed E-state index contributed by atoms with van der Waals surface area (Å²) in [6.45, 7) is 19.4. The van der Waals surface area contributed by atoms with E-state index in [1.807, 2.05) is 47.6 Å². The Morgan fingerprint density at radius 3 is 2.51 bits per heavy atom. The Kier molecular flexibility index (Phi) is 8.64. The van der Waals surface area contributed by atoms with E-state index in [-0.39, 0.29) is 30.9 Å². The molecule has 1 N–H and O–H groups in total. The SMILES string of the molecule is C=CCCCCOC(=O)[C@@H]1[C@H]2C(=O)N([C@@H](CC)CO)C(C(=O)N(CC=C)C(C)(C)C)C23CC(C)[C@@]1(C)O3. The molecule has 0 aromatic carbocycles. The molecule has 0 aliphatic carbocycles. The Morgan fingerprint density at radius 2 is 1.97 bits per heavy atom. The third-order valence-electron chi connectivity index (χ3n) is 8.75. The molecular formula is C29H46N2O6. The summed E-state index contributed by atoms with van der Waals surface area (Å²) >= 11 is 0. The van der Waals surface area contributed by atoms with Crippen LogP contribution in [0, 0.1) is 17.8 Å². The molecule has 0 radical (unpaired) electrons. The molecular weight excluding hydrogens is 472 g/mol. The molecule has 3 saturated heterocycles. The Labute approximate surface area is 222 Å². The molecule has 208 valence electrons. The number of aliphatic hydroxyl groups excluding tert-OH is 1. The van der Waals surface area contributed by atoms with Crippen LogP contribution < -0.4 is 0 Å². The van der Waals surface area contributed by atoms with Crippen LogP contribution in [-0.2, 0) is 23.9 Å². The molecule has 3 heterocycles. The second-order valence-corrected chi connectivity index (χ2v) is 12.1. The number of hydrogen-bond donors (Lipinski definition) is 1. The van der Waals surface area contributed by atoms with E-state index < -0.39 is 46.6 Å². The van der Waals surface area contributed by atoms with Crippen LogP contribution in [-0.4, -0.2) is 81.3 Å². The van der Waals surface area contributed by atoms with Gasteiger partial charge in [0.1, 0.15) is 17.6 Å². The van der Waals surface area contributed by atoms with E-state index in [0.717, 1.165) is 12.8 Å². The van der Waals surface area contributed by atoms with Crippen molar-refractivity contribution in [3.63, 3.8) is 0 Å². The van der Waals surface area contributed by atoms with Crippen LogP contribution in [0.2, 0.25) is 0 Å². The van der Waals surface area contributed by atoms with E-state index in [2.05, 4.69) is 13.2 Å². The fourth-order valence-corrected chi connectivity index (χ4v) is 6.75. The first kappa shape index (κ1) is 29.4. The van der Waals surface area contributed by atoms with E-state index in [1.54, 1.807) is 11.0 Å². The summed E-state index contributed by atoms with van der Waals surface area (Å²) in [7, 11) is 0. The maximum Gasteiger partial charge on any atom is 0.312 e. The van der Waals surface area contributed by atoms with Gasteiger partial charge < -0.3 is 24.4 Å². The van der Waals surface area contributed by atoms with Crippen molar-refractivity contribution in [2.45, 2.75) is 102 Å². The standard InChI is InChI=1S/C29H46N2O6/c1-9-12-13-14-16-36-26(35)22-21-24(33)31(20(11-3)18-32)23(25(34)30(15-10-2)27(5,6)7)29(21)17-19(4)28(22,8)37-29/h9-10,19-23,32H,1-2,11-18H2,3-8H3/t19?,20-,21-,22-,23?,28+,29?/m0/s1. The van der Waals surface area contributed by atoms with E-state index >= 15 is 0 Å². The van der Waals surface area contributed by atoms with Gasteiger partial charge in [-0.05, 0) is 65.7 Å². The summed E-state index contributed by atoms with van der Waals surface area (Å²) in [5.74, 6) is -2.73. The van der Waals surface area contributed by atoms with Crippen molar-refractivity contribution in [1.29, 1.82) is 0 Å². The van der Waals surface area contributed by atoms with Gasteiger partial charge in [0.15, 0.2) is 0 Å². The minimum Gasteiger partial charge on any atom is -0.465 e. The lowest BCUT2D eigenvalue weighted by Crippen LogP contribution is -2.61. The van der Waals surface area contributed by atoms with Gasteiger partial charge in [0, 0.05) is 12.1 Å². The molecule has 0 aromatic heterocycles. The van der Waals surface area contributed by atoms with Crippen molar-refractivity contribution in [3.8, 4) is 0 Å². The fourth-order valence-electron chi connectivity index (χ4n) is 6.75. The monoisotopic (exact) mass is 518 g/mol. The maximum absolute atomic E-state index is 14.4. The second-order valence-electron chi connectivity index (χ2n) is 12.1. The van der Waals surface area contributed by atoms with Gasteiger partial charge in [-0.1, -0.05) is 26.0 Å². The van der Waals surface area contributed by atoms with Crippen molar-refractivity contribution in [1.82, 2.24) is 9.80 Å². The molecule has 8 heteroatoms. The normalized spacial score (nSPS) is 33.3. The number of rotatable bonds is 12. The van der Waals surface area contributed by atoms with Crippen molar-refractivity contribution in [3.05, 3.63) is 25.3 Å². The zero-order valence-corrected chi connectivity index (χ0v) is 23.5. The lowest BCUT2D eigenvalue weighted by atomic mass is 9.62. The van der Waals surface area contributed by atoms with Crippen LogP contribution in [0.1, 0.15) is 73.6 Å². The molecule has 3 unspecified atom stereocenters. The summed E-state index contributed by atoms with van der Waals surface area (Å²) in [5.41, 5.74) is -2.62. The van der Waals surface area contributed by atoms with Gasteiger partial charge in [0.05, 0.1) is 30.8 Å². The smallest absolute Gasteiger partial charge is 0.312 e. The molecule has 3 fully saturated rings. The van der Waals surface area contributed by atoms with Gasteiger partial charge in [-0.3, -0.25) is 14.4 Å². The number of nitrogens with zero attached hydrogens (tertiary/aromatic N) is 2. The molecule has 0 saturated carbocycles. The fraction of sp³-hybridized carbons (Fsp3) is 0.759. The number of esters is 1. The predicted octanol–water partition coefficient (Wildman–Crippen LogP) is 3.48. The number of likely N-dealkylation sites (tertiary alicyclic amines) is 1. The number of carbonyl (C=O) groups is 3. The van der Waals surface area contributed by atoms with Crippen LogP contribution in [0.25, 0.3) is 0 Å². The van der Waals surface area contributed by atoms with Crippen molar-refractivity contribution in [2.24, 2.45) is 17.8 Å². The lowest BCUT2D eigenvalue weighted by molar-refractivity contribution is -0.164. The second kappa shape index (κ2) is 10.9. The van der Waals surface area contributed by atoms with Crippen LogP contribution in [0.3, 0.4) is 0 Å². The van der Waals surface area contributed by atoms with Crippen molar-refractivity contribution in [2.75, 3.05) is 19.8 Å². The zero-order chi connectivity index (χ0) is 27.8. The number of carbonyl (C=O) groups excluding carboxylic acids is 3. The Balaban J connectivity index is 2.07. The first-order chi connectivity index (χ1) is 17.3. The Morgan fingerprint density at radius 1 is 1.30 bits per heavy atom. The van der Waals surface area contributed by atoms with Gasteiger partial charge in [-0.15, -0.1) is 13.2 Å². The molecule has 8 nitrogen and oxygen atoms in total. The molecule has 3 rings (SSSR count). The molecule has 3 aliphatic heterocycles. The summed E-state index contributed by atoms with van der Waals surface area (Å²) in [5, 5.41) is 10.2. The molecule has 37 heavy (non-hydrogen) atoms. The van der Waals surface area contributed by atoms with E-state index in [9.17, 15) is 19.5 Å². The highest BCUT2D eigenvalue weighted by Gasteiger charge is 2.80. The topological polar surface area (TPSA) is 96.4 Å². The number of fused-ring (bicyclic) bond motifs is 1. The van der Waals surface area contributed by atoms with Crippen molar-refractivity contribution >= 4 is 17.8 Å². The Hall–Kier alpha value is -2.19. The number of ether oxygens (including phenoxy) is 2. The first-order valence-electron chi connectivity index (χ1n) is 13.7. The largest absolute Gasteiger partial charge is 0.465 e. The highest BCUT2D eigenvalue weighted by molar-refractivity contribution is 5.99. The Bertz CT molecular complexity index is 909. The average Bonchev–Trinajstić information content (AvgIpc) is 3.34. The number of allylic oxidation sites excluding steroid dienone is 1. The molecule has 2 bridgehead atoms. The van der Waals surface area contributed by atoms with E-state index in [4.69, 9.17) is 9.47 Å². The quantitative estimate of drug-likeness (QED) is 0.241. The number of hydrogen-bond acceptors (Lipinski definition) is 6. The van der Waals surface area contributed by atoms with Gasteiger partial charge >= 0.3 is 5.97 Å². The lowest BCUT2D eigenvalue weighted by Gasteiger charge is -2.43. The van der Waals surface area contributed by atoms with Crippen molar-refractivity contribution < 1.29 is 29.0 Å². The minimum atomic E-state index is -1.16. The van der Waals surface area contributed by atoms with Crippen LogP contribution >= 0.6 is 0 Å². The van der Waals surface area contributed by atoms with E-state index in [1.165, 1.54) is 4.90 Å². The summed E-state index contributed by atoms with van der Waals surface area (Å²) in [4.78, 5) is 45.3. The summed E-state index contributed by atoms with van der Waals surface area (Å²) < 4.78 is 12.4. The summed E-state index contributed by atoms with van der Waals surface area (Å²) in [6, 6.07) is -1.51. The van der Waals surface area contributed by atoms with E-state index in [0.29, 0.717) is 25.8 Å². The summed E-state index contributed by atoms with van der Waals surface area (Å²) in [6.07, 6.45) is 6.87. The molecule has 3 aliphatic rings. The predicted molar refractivity (Wildman–Crippen MR) is 141 cm³/mol. The van der Waals surface area contributed by atoms with Gasteiger partial charge in [0.2, 0.25) is 11.8 Å². The molecule has 1 spiro atoms. The maximum atomic E-state index is 14.4. The van der Waals surface area contributed by atoms with Crippen LogP contribution in [0.5, 0.6) is 0 Å². The van der Waals surface area contributed by atoms with Gasteiger partial charge in [-0.2, -0.15) is 0 Å². The molecule has 7 atom stereocenters. The average molecular weight is 519 g/mol. The molecule has 2 amide bonds. The molecule has 0 aromatic rings. The zero-order valence-electron chi connectivity index (χ0n) is 23.5. The highest BCUT2D eigenvalue weighted by Crippen LogP contribution is 2.65. The minimum absolute atomic E-state index is 0.0678. The highest BCUT2D eigenvalue weighted by atomic mass is 16.6. The third kappa shape index (κ3) is 4.76.